The van der Waals surface area contributed by atoms with Crippen molar-refractivity contribution in [2.45, 2.75) is 38.5 Å². The predicted molar refractivity (Wildman–Crippen MR) is 163 cm³/mol. The summed E-state index contributed by atoms with van der Waals surface area (Å²) in [5.74, 6) is 7.15. The first-order valence-corrected chi connectivity index (χ1v) is 14.6. The molecule has 2 saturated heterocycles. The van der Waals surface area contributed by atoms with Crippen LogP contribution in [0.2, 0.25) is 0 Å². The van der Waals surface area contributed by atoms with Gasteiger partial charge >= 0.3 is 0 Å². The maximum atomic E-state index is 4.93. The van der Waals surface area contributed by atoms with Crippen molar-refractivity contribution in [2.24, 2.45) is 5.92 Å². The minimum Gasteiger partial charge on any atom is -0.384 e. The van der Waals surface area contributed by atoms with E-state index in [1.165, 1.54) is 58.3 Å². The minimum atomic E-state index is 0.707. The van der Waals surface area contributed by atoms with Gasteiger partial charge in [-0.05, 0) is 108 Å². The highest BCUT2D eigenvalue weighted by molar-refractivity contribution is 5.93. The van der Waals surface area contributed by atoms with E-state index in [4.69, 9.17) is 4.98 Å². The molecule has 0 radical (unpaired) electrons. The molecule has 0 bridgehead atoms. The molecule has 4 heterocycles. The van der Waals surface area contributed by atoms with E-state index in [9.17, 15) is 0 Å². The van der Waals surface area contributed by atoms with E-state index in [1.54, 1.807) is 0 Å². The number of pyridine rings is 2. The van der Waals surface area contributed by atoms with E-state index in [0.29, 0.717) is 5.92 Å². The zero-order chi connectivity index (χ0) is 26.9. The third-order valence-electron chi connectivity index (χ3n) is 8.01. The fourth-order valence-corrected chi connectivity index (χ4v) is 5.52. The van der Waals surface area contributed by atoms with Crippen LogP contribution in [0.15, 0.2) is 61.1 Å². The van der Waals surface area contributed by atoms with Crippen LogP contribution in [0.25, 0.3) is 22.2 Å². The minimum absolute atomic E-state index is 0.707. The van der Waals surface area contributed by atoms with Crippen molar-refractivity contribution in [3.63, 3.8) is 0 Å². The van der Waals surface area contributed by atoms with Gasteiger partial charge in [-0.2, -0.15) is 0 Å². The van der Waals surface area contributed by atoms with Crippen molar-refractivity contribution in [1.29, 1.82) is 0 Å². The molecule has 2 aliphatic heterocycles. The summed E-state index contributed by atoms with van der Waals surface area (Å²) in [6, 6.07) is 12.5. The Balaban J connectivity index is 1.20. The summed E-state index contributed by atoms with van der Waals surface area (Å²) in [5.41, 5.74) is 5.85. The smallest absolute Gasteiger partial charge is 0.0784 e. The molecule has 6 nitrogen and oxygen atoms in total. The largest absolute Gasteiger partial charge is 0.384 e. The van der Waals surface area contributed by atoms with Gasteiger partial charge in [0.2, 0.25) is 0 Å². The molecule has 39 heavy (non-hydrogen) atoms. The lowest BCUT2D eigenvalue weighted by molar-refractivity contribution is 0.219. The zero-order valence-corrected chi connectivity index (χ0v) is 23.4. The van der Waals surface area contributed by atoms with Crippen molar-refractivity contribution in [1.82, 2.24) is 25.1 Å². The van der Waals surface area contributed by atoms with Crippen molar-refractivity contribution < 1.29 is 0 Å². The van der Waals surface area contributed by atoms with E-state index in [2.05, 4.69) is 81.2 Å². The third-order valence-corrected chi connectivity index (χ3v) is 8.01. The quantitative estimate of drug-likeness (QED) is 0.291. The normalized spacial score (nSPS) is 16.9. The molecule has 0 amide bonds. The Morgan fingerprint density at radius 3 is 2.64 bits per heavy atom. The number of piperidine rings is 2. The number of nitrogens with one attached hydrogen (secondary N) is 2. The summed E-state index contributed by atoms with van der Waals surface area (Å²) in [6.45, 7) is 12.0. The average Bonchev–Trinajstić information content (AvgIpc) is 2.98. The molecule has 1 aromatic carbocycles. The van der Waals surface area contributed by atoms with E-state index in [1.807, 2.05) is 18.5 Å². The fraction of sp³-hybridized carbons (Fsp3) is 0.455. The van der Waals surface area contributed by atoms with Gasteiger partial charge < -0.3 is 20.4 Å². The summed E-state index contributed by atoms with van der Waals surface area (Å²) in [5, 5.41) is 8.16. The number of aromatic nitrogens is 2. The maximum absolute atomic E-state index is 4.93. The lowest BCUT2D eigenvalue weighted by atomic mass is 9.97. The van der Waals surface area contributed by atoms with Crippen molar-refractivity contribution >= 4 is 16.6 Å². The van der Waals surface area contributed by atoms with Gasteiger partial charge in [-0.15, -0.1) is 0 Å². The van der Waals surface area contributed by atoms with Gasteiger partial charge in [-0.25, -0.2) is 4.98 Å². The monoisotopic (exact) mass is 522 g/mol. The van der Waals surface area contributed by atoms with Gasteiger partial charge in [0, 0.05) is 47.7 Å². The van der Waals surface area contributed by atoms with Crippen LogP contribution < -0.4 is 10.6 Å². The first-order valence-electron chi connectivity index (χ1n) is 14.6. The Morgan fingerprint density at radius 1 is 1.05 bits per heavy atom. The molecule has 204 valence electrons. The molecule has 0 saturated carbocycles. The SMILES string of the molecule is C=C(C#Cc1ccc(-c2cc(NCCCN3CCCCC3)c3cnccc3n2)cc1)NCC1CCN(C)CC1. The fourth-order valence-electron chi connectivity index (χ4n) is 5.52. The molecule has 5 rings (SSSR count). The second-order valence-corrected chi connectivity index (χ2v) is 11.1. The van der Waals surface area contributed by atoms with Crippen molar-refractivity contribution in [2.75, 3.05) is 58.2 Å². The Labute approximate surface area is 233 Å². The first-order chi connectivity index (χ1) is 19.1. The van der Waals surface area contributed by atoms with Gasteiger partial charge in [0.15, 0.2) is 0 Å². The highest BCUT2D eigenvalue weighted by atomic mass is 15.1. The summed E-state index contributed by atoms with van der Waals surface area (Å²) >= 11 is 0. The number of allylic oxidation sites excluding steroid dienone is 1. The molecule has 0 spiro atoms. The number of anilines is 1. The maximum Gasteiger partial charge on any atom is 0.0784 e. The van der Waals surface area contributed by atoms with Gasteiger partial charge in [-0.1, -0.05) is 31.1 Å². The molecule has 0 unspecified atom stereocenters. The van der Waals surface area contributed by atoms with E-state index in [-0.39, 0.29) is 0 Å². The molecule has 2 aromatic heterocycles. The van der Waals surface area contributed by atoms with E-state index >= 15 is 0 Å². The molecule has 2 aliphatic rings. The third kappa shape index (κ3) is 7.81. The van der Waals surface area contributed by atoms with Crippen molar-refractivity contribution in [3.05, 3.63) is 66.6 Å². The standard InChI is InChI=1S/C33H42N6/c1-26(36-24-28-14-21-38(2)22-15-28)7-8-27-9-11-29(12-10-27)32-23-33(30-25-34-17-13-31(30)37-32)35-16-6-20-39-18-4-3-5-19-39/h9-13,17,23,25,28,36H,1,3-6,14-16,18-22,24H2,2H3,(H,35,37). The number of hydrogen-bond donors (Lipinski definition) is 2. The van der Waals surface area contributed by atoms with Gasteiger partial charge in [0.05, 0.1) is 16.9 Å². The van der Waals surface area contributed by atoms with Crippen LogP contribution in [0.3, 0.4) is 0 Å². The molecule has 0 aliphatic carbocycles. The van der Waals surface area contributed by atoms with Crippen LogP contribution in [-0.4, -0.2) is 72.6 Å². The summed E-state index contributed by atoms with van der Waals surface area (Å²) in [7, 11) is 2.20. The van der Waals surface area contributed by atoms with E-state index in [0.717, 1.165) is 65.2 Å². The van der Waals surface area contributed by atoms with Crippen LogP contribution in [-0.2, 0) is 0 Å². The molecule has 2 N–H and O–H groups in total. The lowest BCUT2D eigenvalue weighted by Gasteiger charge is -2.29. The Bertz CT molecular complexity index is 1290. The van der Waals surface area contributed by atoms with Crippen LogP contribution in [0, 0.1) is 17.8 Å². The number of rotatable bonds is 9. The lowest BCUT2D eigenvalue weighted by Crippen LogP contribution is -2.34. The second-order valence-electron chi connectivity index (χ2n) is 11.1. The first kappa shape index (κ1) is 27.2. The molecule has 0 atom stereocenters. The van der Waals surface area contributed by atoms with Crippen LogP contribution in [0.5, 0.6) is 0 Å². The highest BCUT2D eigenvalue weighted by Gasteiger charge is 2.16. The van der Waals surface area contributed by atoms with Crippen LogP contribution in [0.4, 0.5) is 5.69 Å². The van der Waals surface area contributed by atoms with Crippen LogP contribution >= 0.6 is 0 Å². The number of likely N-dealkylation sites (tertiary alicyclic amines) is 2. The molecule has 3 aromatic rings. The molecular formula is C33H42N6. The van der Waals surface area contributed by atoms with Gasteiger partial charge in [0.25, 0.3) is 0 Å². The number of nitrogens with zero attached hydrogens (tertiary/aromatic N) is 4. The number of hydrogen-bond acceptors (Lipinski definition) is 6. The molecular weight excluding hydrogens is 480 g/mol. The highest BCUT2D eigenvalue weighted by Crippen LogP contribution is 2.28. The topological polar surface area (TPSA) is 56.3 Å². The zero-order valence-electron chi connectivity index (χ0n) is 23.4. The second kappa shape index (κ2) is 13.6. The Kier molecular flexibility index (Phi) is 9.47. The van der Waals surface area contributed by atoms with Gasteiger partial charge in [-0.3, -0.25) is 4.98 Å². The van der Waals surface area contributed by atoms with Gasteiger partial charge in [0.1, 0.15) is 0 Å². The summed E-state index contributed by atoms with van der Waals surface area (Å²) in [4.78, 5) is 14.3. The number of fused-ring (bicyclic) bond motifs is 1. The molecule has 6 heteroatoms. The van der Waals surface area contributed by atoms with Crippen molar-refractivity contribution in [3.8, 4) is 23.1 Å². The summed E-state index contributed by atoms with van der Waals surface area (Å²) in [6.07, 6.45) is 11.4. The number of benzene rings is 1. The summed E-state index contributed by atoms with van der Waals surface area (Å²) < 4.78 is 0. The Hall–Kier alpha value is -3.40. The molecule has 2 fully saturated rings. The van der Waals surface area contributed by atoms with E-state index < -0.39 is 0 Å². The van der Waals surface area contributed by atoms with Crippen LogP contribution in [0.1, 0.15) is 44.1 Å². The predicted octanol–water partition coefficient (Wildman–Crippen LogP) is 5.38. The Morgan fingerprint density at radius 2 is 1.85 bits per heavy atom. The average molecular weight is 523 g/mol.